The minimum Gasteiger partial charge on any atom is -0.495 e. The highest BCUT2D eigenvalue weighted by Gasteiger charge is 2.34. The second-order valence-electron chi connectivity index (χ2n) is 6.74. The van der Waals surface area contributed by atoms with Crippen LogP contribution in [0.2, 0.25) is 5.02 Å². The van der Waals surface area contributed by atoms with Crippen LogP contribution in [0.4, 0.5) is 11.5 Å². The summed E-state index contributed by atoms with van der Waals surface area (Å²) in [5, 5.41) is 10.7. The van der Waals surface area contributed by atoms with Crippen LogP contribution in [0.3, 0.4) is 0 Å². The number of carbonyl (C=O) groups excluding carboxylic acids is 2. The van der Waals surface area contributed by atoms with E-state index in [4.69, 9.17) is 16.3 Å². The maximum Gasteiger partial charge on any atom is 0.249 e. The third-order valence-corrected chi connectivity index (χ3v) is 5.14. The minimum absolute atomic E-state index is 0.00191. The number of hydrogen-bond acceptors (Lipinski definition) is 4. The molecule has 0 aliphatic carbocycles. The van der Waals surface area contributed by atoms with Gasteiger partial charge in [-0.05, 0) is 25.1 Å². The number of methoxy groups -OCH3 is 1. The number of ether oxygens (including phenoxy) is 1. The summed E-state index contributed by atoms with van der Waals surface area (Å²) >= 11 is 6.14. The van der Waals surface area contributed by atoms with Crippen molar-refractivity contribution in [2.75, 3.05) is 17.7 Å². The fraction of sp³-hybridized carbons (Fsp3) is 0.190. The van der Waals surface area contributed by atoms with Crippen LogP contribution in [0.5, 0.6) is 5.75 Å². The zero-order valence-corrected chi connectivity index (χ0v) is 16.7. The van der Waals surface area contributed by atoms with Crippen molar-refractivity contribution in [1.29, 1.82) is 0 Å². The fourth-order valence-electron chi connectivity index (χ4n) is 3.38. The Labute approximate surface area is 172 Å². The van der Waals surface area contributed by atoms with E-state index in [1.54, 1.807) is 22.9 Å². The number of nitrogens with zero attached hydrogens (tertiary/aromatic N) is 2. The average molecular weight is 411 g/mol. The Morgan fingerprint density at radius 1 is 1.28 bits per heavy atom. The van der Waals surface area contributed by atoms with E-state index >= 15 is 0 Å². The van der Waals surface area contributed by atoms with Crippen molar-refractivity contribution in [3.63, 3.8) is 0 Å². The van der Waals surface area contributed by atoms with E-state index in [2.05, 4.69) is 15.7 Å². The molecule has 2 N–H and O–H groups in total. The fourth-order valence-corrected chi connectivity index (χ4v) is 3.64. The molecule has 1 aliphatic rings. The van der Waals surface area contributed by atoms with Crippen molar-refractivity contribution in [2.24, 2.45) is 0 Å². The van der Waals surface area contributed by atoms with Crippen LogP contribution in [0.15, 0.2) is 48.5 Å². The molecule has 4 rings (SSSR count). The first kappa shape index (κ1) is 19.0. The van der Waals surface area contributed by atoms with E-state index in [1.165, 1.54) is 7.11 Å². The van der Waals surface area contributed by atoms with Gasteiger partial charge in [-0.2, -0.15) is 5.10 Å². The Hall–Kier alpha value is -3.32. The normalized spacial score (nSPS) is 15.4. The van der Waals surface area contributed by atoms with Crippen molar-refractivity contribution >= 4 is 34.9 Å². The minimum atomic E-state index is -0.768. The molecule has 0 spiro atoms. The molecule has 8 heteroatoms. The summed E-state index contributed by atoms with van der Waals surface area (Å²) in [6.07, 6.45) is -0.00191. The molecule has 0 saturated heterocycles. The number of fused-ring (bicyclic) bond motifs is 1. The van der Waals surface area contributed by atoms with Gasteiger partial charge in [0.1, 0.15) is 17.6 Å². The summed E-state index contributed by atoms with van der Waals surface area (Å²) in [4.78, 5) is 25.2. The smallest absolute Gasteiger partial charge is 0.249 e. The number of hydrogen-bond donors (Lipinski definition) is 2. The molecular formula is C21H19ClN4O3. The van der Waals surface area contributed by atoms with Gasteiger partial charge in [-0.1, -0.05) is 41.9 Å². The number of benzene rings is 2. The number of nitrogens with one attached hydrogen (secondary N) is 2. The van der Waals surface area contributed by atoms with Crippen molar-refractivity contribution in [3.8, 4) is 17.0 Å². The van der Waals surface area contributed by atoms with Gasteiger partial charge in [0.05, 0.1) is 24.2 Å². The zero-order chi connectivity index (χ0) is 20.5. The topological polar surface area (TPSA) is 85.2 Å². The number of amides is 2. The predicted octanol–water partition coefficient (Wildman–Crippen LogP) is 4.04. The average Bonchev–Trinajstić information content (AvgIpc) is 3.04. The van der Waals surface area contributed by atoms with Crippen LogP contribution in [0, 0.1) is 6.92 Å². The van der Waals surface area contributed by atoms with E-state index in [1.807, 2.05) is 37.3 Å². The van der Waals surface area contributed by atoms with Gasteiger partial charge < -0.3 is 15.4 Å². The first-order valence-corrected chi connectivity index (χ1v) is 9.44. The number of rotatable bonds is 4. The van der Waals surface area contributed by atoms with Gasteiger partial charge in [0.25, 0.3) is 0 Å². The maximum atomic E-state index is 13.0. The van der Waals surface area contributed by atoms with E-state index in [0.717, 1.165) is 16.8 Å². The molecule has 2 amide bonds. The molecule has 0 fully saturated rings. The van der Waals surface area contributed by atoms with Gasteiger partial charge in [-0.3, -0.25) is 9.59 Å². The van der Waals surface area contributed by atoms with E-state index < -0.39 is 6.04 Å². The van der Waals surface area contributed by atoms with Gasteiger partial charge in [0, 0.05) is 16.8 Å². The summed E-state index contributed by atoms with van der Waals surface area (Å²) in [5.41, 5.74) is 2.98. The SMILES string of the molecule is COc1ccc(NC(=O)[C@@H]2CC(=O)Nc3c(C)c(-c4ccccc4)nn32)cc1Cl. The van der Waals surface area contributed by atoms with Crippen LogP contribution >= 0.6 is 11.6 Å². The molecule has 0 bridgehead atoms. The lowest BCUT2D eigenvalue weighted by molar-refractivity contribution is -0.125. The first-order valence-electron chi connectivity index (χ1n) is 9.06. The molecule has 1 atom stereocenters. The molecule has 0 radical (unpaired) electrons. The van der Waals surface area contributed by atoms with Gasteiger partial charge in [0.2, 0.25) is 11.8 Å². The van der Waals surface area contributed by atoms with Crippen LogP contribution in [0.25, 0.3) is 11.3 Å². The van der Waals surface area contributed by atoms with Gasteiger partial charge in [-0.25, -0.2) is 4.68 Å². The quantitative estimate of drug-likeness (QED) is 0.679. The number of anilines is 2. The Morgan fingerprint density at radius 2 is 2.03 bits per heavy atom. The Kier molecular flexibility index (Phi) is 4.98. The highest BCUT2D eigenvalue weighted by Crippen LogP contribution is 2.35. The molecular weight excluding hydrogens is 392 g/mol. The summed E-state index contributed by atoms with van der Waals surface area (Å²) in [6, 6.07) is 13.8. The van der Waals surface area contributed by atoms with Crippen LogP contribution in [-0.2, 0) is 9.59 Å². The van der Waals surface area contributed by atoms with Gasteiger partial charge in [-0.15, -0.1) is 0 Å². The van der Waals surface area contributed by atoms with Crippen LogP contribution in [0.1, 0.15) is 18.0 Å². The lowest BCUT2D eigenvalue weighted by Gasteiger charge is -2.24. The highest BCUT2D eigenvalue weighted by atomic mass is 35.5. The van der Waals surface area contributed by atoms with Crippen molar-refractivity contribution in [1.82, 2.24) is 9.78 Å². The standard InChI is InChI=1S/C21H19ClN4O3/c1-12-19(13-6-4-3-5-7-13)25-26-16(11-18(27)24-20(12)26)21(28)23-14-8-9-17(29-2)15(22)10-14/h3-10,16H,11H2,1-2H3,(H,23,28)(H,24,27)/t16-/m0/s1. The van der Waals surface area contributed by atoms with E-state index in [-0.39, 0.29) is 18.2 Å². The van der Waals surface area contributed by atoms with Crippen LogP contribution < -0.4 is 15.4 Å². The second kappa shape index (κ2) is 7.60. The summed E-state index contributed by atoms with van der Waals surface area (Å²) < 4.78 is 6.71. The number of halogens is 1. The third kappa shape index (κ3) is 3.56. The molecule has 148 valence electrons. The summed E-state index contributed by atoms with van der Waals surface area (Å²) in [7, 11) is 1.52. The number of aromatic nitrogens is 2. The van der Waals surface area contributed by atoms with Crippen molar-refractivity contribution in [3.05, 3.63) is 59.1 Å². The van der Waals surface area contributed by atoms with Gasteiger partial charge in [0.15, 0.2) is 0 Å². The third-order valence-electron chi connectivity index (χ3n) is 4.85. The number of carbonyl (C=O) groups is 2. The van der Waals surface area contributed by atoms with Gasteiger partial charge >= 0.3 is 0 Å². The summed E-state index contributed by atoms with van der Waals surface area (Å²) in [5.74, 6) is 0.477. The Balaban J connectivity index is 1.66. The largest absolute Gasteiger partial charge is 0.495 e. The molecule has 7 nitrogen and oxygen atoms in total. The lowest BCUT2D eigenvalue weighted by atomic mass is 10.1. The molecule has 2 heterocycles. The Bertz CT molecular complexity index is 1090. The Morgan fingerprint density at radius 3 is 2.72 bits per heavy atom. The van der Waals surface area contributed by atoms with Crippen LogP contribution in [-0.4, -0.2) is 28.7 Å². The zero-order valence-electron chi connectivity index (χ0n) is 15.9. The molecule has 2 aromatic carbocycles. The van der Waals surface area contributed by atoms with Crippen molar-refractivity contribution in [2.45, 2.75) is 19.4 Å². The molecule has 1 aromatic heterocycles. The first-order chi connectivity index (χ1) is 14.0. The second-order valence-corrected chi connectivity index (χ2v) is 7.15. The van der Waals surface area contributed by atoms with E-state index in [0.29, 0.717) is 22.3 Å². The molecule has 0 unspecified atom stereocenters. The summed E-state index contributed by atoms with van der Waals surface area (Å²) in [6.45, 7) is 1.88. The monoisotopic (exact) mass is 410 g/mol. The lowest BCUT2D eigenvalue weighted by Crippen LogP contribution is -2.35. The predicted molar refractivity (Wildman–Crippen MR) is 111 cm³/mol. The molecule has 0 saturated carbocycles. The van der Waals surface area contributed by atoms with E-state index in [9.17, 15) is 9.59 Å². The highest BCUT2D eigenvalue weighted by molar-refractivity contribution is 6.32. The van der Waals surface area contributed by atoms with Crippen molar-refractivity contribution < 1.29 is 14.3 Å². The molecule has 1 aliphatic heterocycles. The maximum absolute atomic E-state index is 13.0. The molecule has 3 aromatic rings. The molecule has 29 heavy (non-hydrogen) atoms.